The van der Waals surface area contributed by atoms with Crippen molar-refractivity contribution in [3.63, 3.8) is 0 Å². The van der Waals surface area contributed by atoms with Crippen molar-refractivity contribution in [2.45, 2.75) is 46.5 Å². The standard InChI is InChI=1S/C20H29N/c1-16-10-12-20(13-11-16,14-15-21)18(19(2,3)4)17-8-6-5-7-9-17/h5-12,18H,13-15,21H2,1-4H3. The summed E-state index contributed by atoms with van der Waals surface area (Å²) < 4.78 is 0. The molecule has 0 saturated carbocycles. The number of hydrogen-bond acceptors (Lipinski definition) is 1. The van der Waals surface area contributed by atoms with E-state index in [0.717, 1.165) is 19.4 Å². The van der Waals surface area contributed by atoms with E-state index in [2.05, 4.69) is 76.3 Å². The minimum Gasteiger partial charge on any atom is -0.330 e. The lowest BCUT2D eigenvalue weighted by Gasteiger charge is -2.47. The van der Waals surface area contributed by atoms with E-state index in [1.54, 1.807) is 0 Å². The largest absolute Gasteiger partial charge is 0.330 e. The zero-order chi connectivity index (χ0) is 15.5. The Hall–Kier alpha value is -1.34. The number of rotatable bonds is 4. The van der Waals surface area contributed by atoms with Crippen molar-refractivity contribution < 1.29 is 0 Å². The highest BCUT2D eigenvalue weighted by molar-refractivity contribution is 5.33. The highest BCUT2D eigenvalue weighted by Crippen LogP contribution is 2.53. The van der Waals surface area contributed by atoms with Crippen molar-refractivity contribution in [1.29, 1.82) is 0 Å². The molecule has 2 unspecified atom stereocenters. The van der Waals surface area contributed by atoms with Crippen LogP contribution in [0.4, 0.5) is 0 Å². The summed E-state index contributed by atoms with van der Waals surface area (Å²) in [5.74, 6) is 0.468. The lowest BCUT2D eigenvalue weighted by Crippen LogP contribution is -2.37. The third kappa shape index (κ3) is 3.47. The molecule has 0 radical (unpaired) electrons. The van der Waals surface area contributed by atoms with Crippen LogP contribution in [0.1, 0.15) is 52.0 Å². The SMILES string of the molecule is CC1=CCC(CCN)(C(c2ccccc2)C(C)(C)C)C=C1. The van der Waals surface area contributed by atoms with Gasteiger partial charge in [-0.15, -0.1) is 0 Å². The highest BCUT2D eigenvalue weighted by atomic mass is 14.6. The van der Waals surface area contributed by atoms with Gasteiger partial charge < -0.3 is 5.73 Å². The lowest BCUT2D eigenvalue weighted by atomic mass is 9.57. The maximum Gasteiger partial charge on any atom is 0.000523 e. The molecule has 1 aromatic rings. The second kappa shape index (κ2) is 6.19. The third-order valence-electron chi connectivity index (χ3n) is 4.67. The van der Waals surface area contributed by atoms with Gasteiger partial charge in [0.2, 0.25) is 0 Å². The van der Waals surface area contributed by atoms with E-state index < -0.39 is 0 Å². The molecule has 0 fully saturated rings. The van der Waals surface area contributed by atoms with Crippen LogP contribution in [-0.4, -0.2) is 6.54 Å². The number of benzene rings is 1. The predicted molar refractivity (Wildman–Crippen MR) is 92.3 cm³/mol. The van der Waals surface area contributed by atoms with Gasteiger partial charge in [0.05, 0.1) is 0 Å². The smallest absolute Gasteiger partial charge is 0.000523 e. The van der Waals surface area contributed by atoms with Crippen LogP contribution in [0.2, 0.25) is 0 Å². The molecule has 1 heteroatoms. The summed E-state index contributed by atoms with van der Waals surface area (Å²) in [4.78, 5) is 0. The summed E-state index contributed by atoms with van der Waals surface area (Å²) in [5, 5.41) is 0. The average molecular weight is 283 g/mol. The van der Waals surface area contributed by atoms with Crippen molar-refractivity contribution in [3.8, 4) is 0 Å². The molecule has 0 saturated heterocycles. The van der Waals surface area contributed by atoms with Crippen LogP contribution in [0.15, 0.2) is 54.1 Å². The Morgan fingerprint density at radius 1 is 1.19 bits per heavy atom. The Balaban J connectivity index is 2.50. The third-order valence-corrected chi connectivity index (χ3v) is 4.67. The van der Waals surface area contributed by atoms with Gasteiger partial charge in [-0.2, -0.15) is 0 Å². The molecule has 21 heavy (non-hydrogen) atoms. The Bertz CT molecular complexity index is 519. The molecule has 1 aliphatic carbocycles. The van der Waals surface area contributed by atoms with Crippen molar-refractivity contribution in [1.82, 2.24) is 0 Å². The molecule has 114 valence electrons. The molecule has 0 heterocycles. The van der Waals surface area contributed by atoms with E-state index in [-0.39, 0.29) is 10.8 Å². The summed E-state index contributed by atoms with van der Waals surface area (Å²) in [5.41, 5.74) is 9.10. The first-order valence-electron chi connectivity index (χ1n) is 8.00. The van der Waals surface area contributed by atoms with Crippen molar-refractivity contribution >= 4 is 0 Å². The number of allylic oxidation sites excluding steroid dienone is 4. The van der Waals surface area contributed by atoms with Gasteiger partial charge in [-0.05, 0) is 43.2 Å². The molecule has 1 nitrogen and oxygen atoms in total. The first-order chi connectivity index (χ1) is 9.89. The molecule has 0 amide bonds. The second-order valence-electron chi connectivity index (χ2n) is 7.47. The first kappa shape index (κ1) is 16.0. The van der Waals surface area contributed by atoms with E-state index >= 15 is 0 Å². The van der Waals surface area contributed by atoms with Gasteiger partial charge in [-0.3, -0.25) is 0 Å². The van der Waals surface area contributed by atoms with Gasteiger partial charge in [0.1, 0.15) is 0 Å². The van der Waals surface area contributed by atoms with Gasteiger partial charge >= 0.3 is 0 Å². The van der Waals surface area contributed by atoms with Gasteiger partial charge in [-0.1, -0.05) is 74.9 Å². The van der Waals surface area contributed by atoms with Crippen molar-refractivity contribution in [2.75, 3.05) is 6.54 Å². The monoisotopic (exact) mass is 283 g/mol. The van der Waals surface area contributed by atoms with Crippen LogP contribution in [0.25, 0.3) is 0 Å². The van der Waals surface area contributed by atoms with Crippen LogP contribution in [0.5, 0.6) is 0 Å². The first-order valence-corrected chi connectivity index (χ1v) is 8.00. The topological polar surface area (TPSA) is 26.0 Å². The van der Waals surface area contributed by atoms with Crippen molar-refractivity contribution in [3.05, 3.63) is 59.7 Å². The van der Waals surface area contributed by atoms with E-state index in [1.165, 1.54) is 11.1 Å². The van der Waals surface area contributed by atoms with E-state index in [9.17, 15) is 0 Å². The summed E-state index contributed by atoms with van der Waals surface area (Å²) in [6.45, 7) is 9.96. The zero-order valence-corrected chi connectivity index (χ0v) is 13.9. The van der Waals surface area contributed by atoms with Crippen molar-refractivity contribution in [2.24, 2.45) is 16.6 Å². The van der Waals surface area contributed by atoms with Gasteiger partial charge in [-0.25, -0.2) is 0 Å². The zero-order valence-electron chi connectivity index (χ0n) is 13.9. The molecule has 1 aliphatic rings. The molecule has 2 atom stereocenters. The maximum absolute atomic E-state index is 5.98. The Kier molecular flexibility index (Phi) is 4.73. The van der Waals surface area contributed by atoms with Gasteiger partial charge in [0.25, 0.3) is 0 Å². The quantitative estimate of drug-likeness (QED) is 0.821. The average Bonchev–Trinajstić information content (AvgIpc) is 2.42. The minimum absolute atomic E-state index is 0.133. The Morgan fingerprint density at radius 3 is 2.33 bits per heavy atom. The highest BCUT2D eigenvalue weighted by Gasteiger charge is 2.43. The van der Waals surface area contributed by atoms with Crippen LogP contribution >= 0.6 is 0 Å². The van der Waals surface area contributed by atoms with Gasteiger partial charge in [0.15, 0.2) is 0 Å². The van der Waals surface area contributed by atoms with Crippen LogP contribution < -0.4 is 5.73 Å². The molecule has 2 rings (SSSR count). The van der Waals surface area contributed by atoms with E-state index in [0.29, 0.717) is 5.92 Å². The summed E-state index contributed by atoms with van der Waals surface area (Å²) in [6, 6.07) is 10.9. The van der Waals surface area contributed by atoms with Crippen LogP contribution in [0, 0.1) is 10.8 Å². The normalized spacial score (nSPS) is 23.8. The van der Waals surface area contributed by atoms with Crippen LogP contribution in [0.3, 0.4) is 0 Å². The fraction of sp³-hybridized carbons (Fsp3) is 0.500. The van der Waals surface area contributed by atoms with Crippen LogP contribution in [-0.2, 0) is 0 Å². The summed E-state index contributed by atoms with van der Waals surface area (Å²) in [7, 11) is 0. The molecule has 1 aromatic carbocycles. The fourth-order valence-corrected chi connectivity index (χ4v) is 3.94. The molecule has 0 aromatic heterocycles. The summed E-state index contributed by atoms with van der Waals surface area (Å²) in [6.07, 6.45) is 9.20. The summed E-state index contributed by atoms with van der Waals surface area (Å²) >= 11 is 0. The molecular weight excluding hydrogens is 254 g/mol. The Morgan fingerprint density at radius 2 is 1.86 bits per heavy atom. The maximum atomic E-state index is 5.98. The van der Waals surface area contributed by atoms with E-state index in [1.807, 2.05) is 0 Å². The lowest BCUT2D eigenvalue weighted by molar-refractivity contribution is 0.159. The molecule has 0 aliphatic heterocycles. The molecule has 2 N–H and O–H groups in total. The molecule has 0 spiro atoms. The Labute approximate surface area is 129 Å². The van der Waals surface area contributed by atoms with Gasteiger partial charge in [0, 0.05) is 5.41 Å². The molecular formula is C20H29N. The predicted octanol–water partition coefficient (Wildman–Crippen LogP) is 5.06. The molecule has 0 bridgehead atoms. The number of nitrogens with two attached hydrogens (primary N) is 1. The fourth-order valence-electron chi connectivity index (χ4n) is 3.94. The number of hydrogen-bond donors (Lipinski definition) is 1. The minimum atomic E-state index is 0.133. The second-order valence-corrected chi connectivity index (χ2v) is 7.47. The van der Waals surface area contributed by atoms with E-state index in [4.69, 9.17) is 5.73 Å².